The van der Waals surface area contributed by atoms with Crippen LogP contribution in [0.25, 0.3) is 10.9 Å². The lowest BCUT2D eigenvalue weighted by Crippen LogP contribution is -2.36. The van der Waals surface area contributed by atoms with Crippen LogP contribution in [0.1, 0.15) is 48.8 Å². The van der Waals surface area contributed by atoms with Gasteiger partial charge in [-0.1, -0.05) is 12.1 Å². The minimum atomic E-state index is -4.44. The molecule has 1 amide bonds. The van der Waals surface area contributed by atoms with E-state index in [0.29, 0.717) is 46.5 Å². The molecule has 1 aliphatic rings. The zero-order valence-electron chi connectivity index (χ0n) is 22.4. The molecule has 0 saturated carbocycles. The van der Waals surface area contributed by atoms with Crippen LogP contribution in [0.15, 0.2) is 30.3 Å². The number of nitrogens with zero attached hydrogens (tertiary/aromatic N) is 3. The van der Waals surface area contributed by atoms with Crippen molar-refractivity contribution in [2.45, 2.75) is 52.4 Å². The molecule has 2 aromatic carbocycles. The third-order valence-electron chi connectivity index (χ3n) is 6.92. The topological polar surface area (TPSA) is 87.2 Å². The van der Waals surface area contributed by atoms with Gasteiger partial charge in [-0.25, -0.2) is 9.97 Å². The van der Waals surface area contributed by atoms with Crippen LogP contribution in [-0.4, -0.2) is 48.3 Å². The first-order chi connectivity index (χ1) is 17.6. The molecule has 4 rings (SSSR count). The van der Waals surface area contributed by atoms with Gasteiger partial charge in [-0.15, -0.1) is 0 Å². The van der Waals surface area contributed by atoms with Gasteiger partial charge in [0, 0.05) is 42.4 Å². The average Bonchev–Trinajstić information content (AvgIpc) is 3.24. The number of fused-ring (bicyclic) bond motifs is 1. The maximum absolute atomic E-state index is 13.5. The molecule has 11 heteroatoms. The normalized spacial score (nSPS) is 17.1. The molecule has 1 unspecified atom stereocenters. The molecule has 38 heavy (non-hydrogen) atoms. The first-order valence-electron chi connectivity index (χ1n) is 12.5. The molecule has 1 aromatic heterocycles. The lowest BCUT2D eigenvalue weighted by Gasteiger charge is -2.26. The summed E-state index contributed by atoms with van der Waals surface area (Å²) in [5, 5.41) is 7.64. The lowest BCUT2D eigenvalue weighted by molar-refractivity contribution is -0.138. The number of carbonyl (C=O) groups excluding carboxylic acids is 1. The first-order valence-corrected chi connectivity index (χ1v) is 15.1. The zero-order chi connectivity index (χ0) is 28.0. The summed E-state index contributed by atoms with van der Waals surface area (Å²) in [7, 11) is -2.71. The molecular weight excluding hydrogens is 514 g/mol. The predicted molar refractivity (Wildman–Crippen MR) is 146 cm³/mol. The van der Waals surface area contributed by atoms with Gasteiger partial charge in [-0.3, -0.25) is 4.79 Å². The Morgan fingerprint density at radius 1 is 1.18 bits per heavy atom. The first kappa shape index (κ1) is 27.9. The molecular formula is C27H33F3N5O2P. The summed E-state index contributed by atoms with van der Waals surface area (Å²) >= 11 is 0. The third kappa shape index (κ3) is 5.80. The minimum Gasteiger partial charge on any atom is -0.369 e. The molecule has 0 spiro atoms. The summed E-state index contributed by atoms with van der Waals surface area (Å²) in [6.45, 7) is 11.2. The Morgan fingerprint density at radius 2 is 1.89 bits per heavy atom. The van der Waals surface area contributed by atoms with Crippen molar-refractivity contribution in [2.24, 2.45) is 0 Å². The number of carbonyl (C=O) groups is 1. The van der Waals surface area contributed by atoms with Crippen LogP contribution in [0.3, 0.4) is 0 Å². The molecule has 2 N–H and O–H groups in total. The molecule has 1 aliphatic heterocycles. The Hall–Kier alpha value is -3.13. The Labute approximate surface area is 220 Å². The number of hydrogen-bond acceptors (Lipinski definition) is 6. The fourth-order valence-corrected chi connectivity index (χ4v) is 6.35. The highest BCUT2D eigenvalue weighted by atomic mass is 31.2. The summed E-state index contributed by atoms with van der Waals surface area (Å²) in [5.74, 6) is 0.881. The number of nitrogens with one attached hydrogen (secondary N) is 2. The molecule has 204 valence electrons. The van der Waals surface area contributed by atoms with E-state index in [1.54, 1.807) is 33.2 Å². The van der Waals surface area contributed by atoms with Gasteiger partial charge in [-0.05, 0) is 69.8 Å². The van der Waals surface area contributed by atoms with E-state index in [1.165, 1.54) is 19.9 Å². The summed E-state index contributed by atoms with van der Waals surface area (Å²) in [6.07, 6.45) is -3.68. The van der Waals surface area contributed by atoms with Crippen LogP contribution in [0.5, 0.6) is 0 Å². The van der Waals surface area contributed by atoms with Gasteiger partial charge in [0.05, 0.1) is 17.1 Å². The summed E-state index contributed by atoms with van der Waals surface area (Å²) < 4.78 is 53.9. The number of alkyl halides is 3. The number of amides is 1. The maximum Gasteiger partial charge on any atom is 0.416 e. The van der Waals surface area contributed by atoms with Crippen LogP contribution >= 0.6 is 7.14 Å². The molecule has 2 heterocycles. The minimum absolute atomic E-state index is 0.0140. The number of rotatable bonds is 6. The van der Waals surface area contributed by atoms with Gasteiger partial charge < -0.3 is 20.1 Å². The van der Waals surface area contributed by atoms with Crippen molar-refractivity contribution in [2.75, 3.05) is 36.6 Å². The molecule has 1 fully saturated rings. The quantitative estimate of drug-likeness (QED) is 0.402. The fourth-order valence-electron chi connectivity index (χ4n) is 5.16. The van der Waals surface area contributed by atoms with E-state index in [4.69, 9.17) is 0 Å². The van der Waals surface area contributed by atoms with Crippen molar-refractivity contribution in [1.29, 1.82) is 0 Å². The van der Waals surface area contributed by atoms with E-state index in [9.17, 15) is 22.5 Å². The third-order valence-corrected chi connectivity index (χ3v) is 8.44. The Kier molecular flexibility index (Phi) is 7.49. The summed E-state index contributed by atoms with van der Waals surface area (Å²) in [4.78, 5) is 22.9. The summed E-state index contributed by atoms with van der Waals surface area (Å²) in [6, 6.07) is 7.43. The second-order valence-corrected chi connectivity index (χ2v) is 13.5. The maximum atomic E-state index is 13.5. The number of halogens is 3. The van der Waals surface area contributed by atoms with Crippen molar-refractivity contribution in [3.63, 3.8) is 0 Å². The lowest BCUT2D eigenvalue weighted by atomic mass is 9.97. The van der Waals surface area contributed by atoms with E-state index in [2.05, 4.69) is 25.5 Å². The number of aromatic nitrogens is 2. The highest BCUT2D eigenvalue weighted by Crippen LogP contribution is 2.42. The van der Waals surface area contributed by atoms with E-state index in [0.717, 1.165) is 18.2 Å². The number of hydrogen-bond donors (Lipinski definition) is 2. The number of anilines is 2. The molecule has 3 aromatic rings. The monoisotopic (exact) mass is 547 g/mol. The Morgan fingerprint density at radius 3 is 2.53 bits per heavy atom. The highest BCUT2D eigenvalue weighted by molar-refractivity contribution is 7.70. The van der Waals surface area contributed by atoms with E-state index in [1.807, 2.05) is 12.1 Å². The largest absolute Gasteiger partial charge is 0.416 e. The van der Waals surface area contributed by atoms with Crippen LogP contribution in [0, 0.1) is 13.8 Å². The highest BCUT2D eigenvalue weighted by Gasteiger charge is 2.33. The van der Waals surface area contributed by atoms with Crippen LogP contribution < -0.4 is 20.8 Å². The second kappa shape index (κ2) is 10.2. The van der Waals surface area contributed by atoms with Gasteiger partial charge in [-0.2, -0.15) is 13.2 Å². The van der Waals surface area contributed by atoms with Gasteiger partial charge in [0.25, 0.3) is 0 Å². The van der Waals surface area contributed by atoms with Gasteiger partial charge in [0.15, 0.2) is 0 Å². The SMILES string of the molecule is CC(=O)N[C@@H]1CCN(c2cc3c(NC(C)c4cccc(C(F)(F)F)c4C)nc(C)nc3cc2P(C)(C)=O)C1. The van der Waals surface area contributed by atoms with Crippen molar-refractivity contribution in [1.82, 2.24) is 15.3 Å². The molecule has 0 bridgehead atoms. The van der Waals surface area contributed by atoms with Crippen LogP contribution in [-0.2, 0) is 15.5 Å². The average molecular weight is 548 g/mol. The molecule has 7 nitrogen and oxygen atoms in total. The molecule has 1 saturated heterocycles. The van der Waals surface area contributed by atoms with Gasteiger partial charge in [0.1, 0.15) is 18.8 Å². The number of benzene rings is 2. The van der Waals surface area contributed by atoms with Crippen molar-refractivity contribution in [3.05, 3.63) is 52.8 Å². The predicted octanol–water partition coefficient (Wildman–Crippen LogP) is 5.40. The Bertz CT molecular complexity index is 1440. The van der Waals surface area contributed by atoms with Gasteiger partial charge >= 0.3 is 6.18 Å². The van der Waals surface area contributed by atoms with E-state index < -0.39 is 24.9 Å². The van der Waals surface area contributed by atoms with Crippen LogP contribution in [0.4, 0.5) is 24.7 Å². The molecule has 2 atom stereocenters. The van der Waals surface area contributed by atoms with Crippen molar-refractivity contribution < 1.29 is 22.5 Å². The fraction of sp³-hybridized carbons (Fsp3) is 0.444. The number of aryl methyl sites for hydroxylation is 1. The molecule has 0 aliphatic carbocycles. The second-order valence-electron chi connectivity index (χ2n) is 10.3. The smallest absolute Gasteiger partial charge is 0.369 e. The van der Waals surface area contributed by atoms with Crippen LogP contribution in [0.2, 0.25) is 0 Å². The van der Waals surface area contributed by atoms with Gasteiger partial charge in [0.2, 0.25) is 5.91 Å². The van der Waals surface area contributed by atoms with Crippen molar-refractivity contribution in [3.8, 4) is 0 Å². The molecule has 0 radical (unpaired) electrons. The zero-order valence-corrected chi connectivity index (χ0v) is 23.3. The Balaban J connectivity index is 1.79. The van der Waals surface area contributed by atoms with E-state index in [-0.39, 0.29) is 17.5 Å². The van der Waals surface area contributed by atoms with E-state index >= 15 is 0 Å². The van der Waals surface area contributed by atoms with Crippen molar-refractivity contribution >= 4 is 40.8 Å². The summed E-state index contributed by atoms with van der Waals surface area (Å²) in [5.41, 5.74) is 1.41. The standard InChI is InChI=1S/C27H33F3N5O2P/c1-15-20(8-7-9-22(15)27(28,29)30)16(2)31-26-21-12-24(35-11-10-19(14-35)34-18(4)36)25(38(5,6)37)13-23(21)32-17(3)33-26/h7-9,12-13,16,19H,10-11,14H2,1-6H3,(H,34,36)(H,31,32,33)/t16?,19-/m1/s1.